The molecule has 0 aliphatic rings. The third-order valence-electron chi connectivity index (χ3n) is 3.42. The summed E-state index contributed by atoms with van der Waals surface area (Å²) in [5, 5.41) is 1.91. The van der Waals surface area contributed by atoms with Gasteiger partial charge in [0.2, 0.25) is 0 Å². The second kappa shape index (κ2) is 8.45. The number of hydrazine groups is 1. The predicted octanol–water partition coefficient (Wildman–Crippen LogP) is 1.53. The van der Waals surface area contributed by atoms with Gasteiger partial charge in [-0.2, -0.15) is 0 Å². The van der Waals surface area contributed by atoms with Crippen LogP contribution in [0.4, 0.5) is 0 Å². The van der Waals surface area contributed by atoms with Gasteiger partial charge in [-0.25, -0.2) is 0 Å². The van der Waals surface area contributed by atoms with Crippen molar-refractivity contribution in [3.63, 3.8) is 0 Å². The summed E-state index contributed by atoms with van der Waals surface area (Å²) in [4.78, 5) is 23.8. The molecule has 0 aliphatic heterocycles. The first-order chi connectivity index (χ1) is 11.1. The average molecular weight is 377 g/mol. The zero-order valence-electron chi connectivity index (χ0n) is 12.8. The fourth-order valence-electron chi connectivity index (χ4n) is 2.07. The van der Waals surface area contributed by atoms with E-state index in [0.29, 0.717) is 10.0 Å². The van der Waals surface area contributed by atoms with Crippen LogP contribution in [0.1, 0.15) is 28.9 Å². The summed E-state index contributed by atoms with van der Waals surface area (Å²) in [5.74, 6) is -0.616. The van der Waals surface area contributed by atoms with Gasteiger partial charge in [0.05, 0.1) is 5.56 Å². The van der Waals surface area contributed by atoms with E-state index in [4.69, 9.17) is 0 Å². The summed E-state index contributed by atoms with van der Waals surface area (Å²) in [6, 6.07) is 17.1. The SMILES string of the molecule is C[C@@H]([NH2+]CC(=O)NNC(=O)c1ccccc1Br)c1ccccc1. The van der Waals surface area contributed by atoms with Crippen LogP contribution < -0.4 is 16.2 Å². The smallest absolute Gasteiger partial charge is 0.293 e. The molecule has 6 heteroatoms. The molecule has 0 saturated heterocycles. The van der Waals surface area contributed by atoms with Gasteiger partial charge in [-0.05, 0) is 35.0 Å². The third kappa shape index (κ3) is 5.19. The number of nitrogens with one attached hydrogen (secondary N) is 2. The Balaban J connectivity index is 1.77. The number of benzene rings is 2. The lowest BCUT2D eigenvalue weighted by atomic mass is 10.1. The molecule has 23 heavy (non-hydrogen) atoms. The molecule has 0 spiro atoms. The summed E-state index contributed by atoms with van der Waals surface area (Å²) in [6.07, 6.45) is 0. The normalized spacial score (nSPS) is 11.6. The summed E-state index contributed by atoms with van der Waals surface area (Å²) >= 11 is 3.30. The van der Waals surface area contributed by atoms with Crippen LogP contribution in [-0.4, -0.2) is 18.4 Å². The van der Waals surface area contributed by atoms with Crippen molar-refractivity contribution < 1.29 is 14.9 Å². The van der Waals surface area contributed by atoms with Crippen molar-refractivity contribution in [3.05, 3.63) is 70.2 Å². The third-order valence-corrected chi connectivity index (χ3v) is 4.11. The van der Waals surface area contributed by atoms with Crippen molar-refractivity contribution in [2.75, 3.05) is 6.54 Å². The minimum Gasteiger partial charge on any atom is -0.332 e. The zero-order chi connectivity index (χ0) is 16.7. The molecule has 0 bridgehead atoms. The van der Waals surface area contributed by atoms with Gasteiger partial charge in [-0.15, -0.1) is 0 Å². The second-order valence-corrected chi connectivity index (χ2v) is 5.98. The van der Waals surface area contributed by atoms with Crippen LogP contribution in [0.25, 0.3) is 0 Å². The van der Waals surface area contributed by atoms with Crippen LogP contribution in [0.5, 0.6) is 0 Å². The molecular weight excluding hydrogens is 358 g/mol. The Morgan fingerprint density at radius 2 is 1.70 bits per heavy atom. The summed E-state index contributed by atoms with van der Waals surface area (Å²) in [6.45, 7) is 2.26. The van der Waals surface area contributed by atoms with Crippen molar-refractivity contribution >= 4 is 27.7 Å². The monoisotopic (exact) mass is 376 g/mol. The molecule has 0 fully saturated rings. The van der Waals surface area contributed by atoms with Crippen LogP contribution in [0.2, 0.25) is 0 Å². The summed E-state index contributed by atoms with van der Waals surface area (Å²) in [5.41, 5.74) is 6.46. The number of halogens is 1. The van der Waals surface area contributed by atoms with Gasteiger partial charge >= 0.3 is 0 Å². The van der Waals surface area contributed by atoms with Crippen molar-refractivity contribution in [1.82, 2.24) is 10.9 Å². The lowest BCUT2D eigenvalue weighted by Gasteiger charge is -2.11. The van der Waals surface area contributed by atoms with Gasteiger partial charge in [0.25, 0.3) is 11.8 Å². The maximum absolute atomic E-state index is 12.0. The van der Waals surface area contributed by atoms with Gasteiger partial charge in [-0.1, -0.05) is 42.5 Å². The minimum atomic E-state index is -0.359. The molecule has 2 aromatic carbocycles. The largest absolute Gasteiger partial charge is 0.332 e. The molecule has 4 N–H and O–H groups in total. The Bertz CT molecular complexity index is 677. The minimum absolute atomic E-state index is 0.168. The van der Waals surface area contributed by atoms with Crippen molar-refractivity contribution in [3.8, 4) is 0 Å². The first kappa shape index (κ1) is 17.2. The topological polar surface area (TPSA) is 74.8 Å². The van der Waals surface area contributed by atoms with Gasteiger partial charge in [0.15, 0.2) is 6.54 Å². The zero-order valence-corrected chi connectivity index (χ0v) is 14.3. The molecule has 2 aromatic rings. The van der Waals surface area contributed by atoms with Crippen LogP contribution in [0, 0.1) is 0 Å². The number of nitrogens with two attached hydrogens (primary N) is 1. The summed E-state index contributed by atoms with van der Waals surface area (Å²) < 4.78 is 0.677. The summed E-state index contributed by atoms with van der Waals surface area (Å²) in [7, 11) is 0. The molecule has 1 atom stereocenters. The Labute approximate surface area is 143 Å². The maximum Gasteiger partial charge on any atom is 0.293 e. The lowest BCUT2D eigenvalue weighted by molar-refractivity contribution is -0.682. The molecular formula is C17H19BrN3O2+. The van der Waals surface area contributed by atoms with Crippen LogP contribution in [0.15, 0.2) is 59.1 Å². The Morgan fingerprint density at radius 3 is 2.39 bits per heavy atom. The van der Waals surface area contributed by atoms with Crippen LogP contribution >= 0.6 is 15.9 Å². The van der Waals surface area contributed by atoms with E-state index >= 15 is 0 Å². The van der Waals surface area contributed by atoms with E-state index in [1.807, 2.05) is 48.6 Å². The standard InChI is InChI=1S/C17H18BrN3O2/c1-12(13-7-3-2-4-8-13)19-11-16(22)20-21-17(23)14-9-5-6-10-15(14)18/h2-10,12,19H,11H2,1H3,(H,20,22)(H,21,23)/p+1/t12-/m1/s1. The average Bonchev–Trinajstić information content (AvgIpc) is 2.58. The lowest BCUT2D eigenvalue weighted by Crippen LogP contribution is -2.87. The highest BCUT2D eigenvalue weighted by atomic mass is 79.9. The molecule has 120 valence electrons. The molecule has 0 aliphatic carbocycles. The van der Waals surface area contributed by atoms with Crippen LogP contribution in [0.3, 0.4) is 0 Å². The second-order valence-electron chi connectivity index (χ2n) is 5.12. The fourth-order valence-corrected chi connectivity index (χ4v) is 2.53. The highest BCUT2D eigenvalue weighted by molar-refractivity contribution is 9.10. The van der Waals surface area contributed by atoms with Crippen LogP contribution in [-0.2, 0) is 4.79 Å². The van der Waals surface area contributed by atoms with E-state index in [1.54, 1.807) is 18.2 Å². The predicted molar refractivity (Wildman–Crippen MR) is 91.4 cm³/mol. The molecule has 0 aromatic heterocycles. The maximum atomic E-state index is 12.0. The van der Waals surface area contributed by atoms with Gasteiger partial charge < -0.3 is 5.32 Å². The van der Waals surface area contributed by atoms with Gasteiger partial charge in [0.1, 0.15) is 6.04 Å². The Hall–Kier alpha value is -2.18. The van der Waals surface area contributed by atoms with E-state index in [9.17, 15) is 9.59 Å². The van der Waals surface area contributed by atoms with Crippen molar-refractivity contribution in [1.29, 1.82) is 0 Å². The number of rotatable bonds is 5. The number of hydrogen-bond acceptors (Lipinski definition) is 2. The molecule has 0 heterocycles. The van der Waals surface area contributed by atoms with Crippen molar-refractivity contribution in [2.45, 2.75) is 13.0 Å². The van der Waals surface area contributed by atoms with Gasteiger partial charge in [0, 0.05) is 10.0 Å². The first-order valence-corrected chi connectivity index (χ1v) is 8.09. The molecule has 0 radical (unpaired) electrons. The highest BCUT2D eigenvalue weighted by Gasteiger charge is 2.13. The molecule has 0 saturated carbocycles. The molecule has 2 rings (SSSR count). The molecule has 5 nitrogen and oxygen atoms in total. The van der Waals surface area contributed by atoms with E-state index in [0.717, 1.165) is 5.56 Å². The number of hydrogen-bond donors (Lipinski definition) is 3. The van der Waals surface area contributed by atoms with Crippen molar-refractivity contribution in [2.24, 2.45) is 0 Å². The first-order valence-electron chi connectivity index (χ1n) is 7.30. The quantitative estimate of drug-likeness (QED) is 0.692. The number of carbonyl (C=O) groups excluding carboxylic acids is 2. The molecule has 2 amide bonds. The Morgan fingerprint density at radius 1 is 1.04 bits per heavy atom. The highest BCUT2D eigenvalue weighted by Crippen LogP contribution is 2.15. The fraction of sp³-hybridized carbons (Fsp3) is 0.176. The van der Waals surface area contributed by atoms with E-state index < -0.39 is 0 Å². The van der Waals surface area contributed by atoms with E-state index in [2.05, 4.69) is 26.8 Å². The van der Waals surface area contributed by atoms with Gasteiger partial charge in [-0.3, -0.25) is 20.4 Å². The number of quaternary nitrogens is 1. The number of carbonyl (C=O) groups is 2. The molecule has 0 unspecified atom stereocenters. The van der Waals surface area contributed by atoms with E-state index in [1.165, 1.54) is 0 Å². The van der Waals surface area contributed by atoms with E-state index in [-0.39, 0.29) is 24.4 Å². The Kier molecular flexibility index (Phi) is 6.31. The number of amides is 2.